The van der Waals surface area contributed by atoms with E-state index in [1.807, 2.05) is 36.4 Å². The number of hydrogen-bond donors (Lipinski definition) is 3. The van der Waals surface area contributed by atoms with Crippen LogP contribution in [0.3, 0.4) is 0 Å². The van der Waals surface area contributed by atoms with Gasteiger partial charge in [-0.05, 0) is 36.2 Å². The van der Waals surface area contributed by atoms with Gasteiger partial charge in [0.05, 0.1) is 42.0 Å². The lowest BCUT2D eigenvalue weighted by atomic mass is 9.92. The molecule has 5 heterocycles. The number of carbonyl (C=O) groups excluding carboxylic acids is 4. The van der Waals surface area contributed by atoms with Gasteiger partial charge in [-0.15, -0.1) is 0 Å². The van der Waals surface area contributed by atoms with Crippen LogP contribution in [0.4, 0.5) is 28.8 Å². The molecule has 47 heavy (non-hydrogen) atoms. The molecule has 0 spiro atoms. The molecule has 0 saturated carbocycles. The topological polar surface area (TPSA) is 158 Å². The van der Waals surface area contributed by atoms with E-state index in [-0.39, 0.29) is 36.6 Å². The lowest BCUT2D eigenvalue weighted by Gasteiger charge is -2.34. The second kappa shape index (κ2) is 12.3. The van der Waals surface area contributed by atoms with Crippen LogP contribution in [0.1, 0.15) is 30.0 Å². The molecule has 3 N–H and O–H groups in total. The highest BCUT2D eigenvalue weighted by Gasteiger charge is 2.32. The molecule has 3 aliphatic heterocycles. The average Bonchev–Trinajstić information content (AvgIpc) is 3.53. The van der Waals surface area contributed by atoms with E-state index in [4.69, 9.17) is 11.6 Å². The molecule has 0 radical (unpaired) electrons. The van der Waals surface area contributed by atoms with Crippen molar-refractivity contribution in [2.24, 2.45) is 7.05 Å². The Balaban J connectivity index is 0.973. The molecule has 15 heteroatoms. The molecule has 4 amide bonds. The maximum Gasteiger partial charge on any atom is 0.238 e. The van der Waals surface area contributed by atoms with Gasteiger partial charge < -0.3 is 20.4 Å². The van der Waals surface area contributed by atoms with Gasteiger partial charge in [-0.1, -0.05) is 23.7 Å². The van der Waals surface area contributed by atoms with E-state index in [0.717, 1.165) is 27.8 Å². The van der Waals surface area contributed by atoms with Crippen molar-refractivity contribution in [1.82, 2.24) is 30.0 Å². The largest absolute Gasteiger partial charge is 0.339 e. The van der Waals surface area contributed by atoms with E-state index < -0.39 is 5.92 Å². The number of nitrogens with one attached hydrogen (secondary N) is 3. The summed E-state index contributed by atoms with van der Waals surface area (Å²) in [7, 11) is 3.55. The van der Waals surface area contributed by atoms with E-state index in [2.05, 4.69) is 40.8 Å². The number of rotatable bonds is 7. The van der Waals surface area contributed by atoms with Gasteiger partial charge in [0.2, 0.25) is 29.6 Å². The van der Waals surface area contributed by atoms with Gasteiger partial charge in [0, 0.05) is 63.5 Å². The van der Waals surface area contributed by atoms with Crippen molar-refractivity contribution in [1.29, 1.82) is 0 Å². The van der Waals surface area contributed by atoms with Crippen molar-refractivity contribution in [3.63, 3.8) is 0 Å². The number of fused-ring (bicyclic) bond motifs is 2. The molecule has 2 saturated heterocycles. The Bertz CT molecular complexity index is 1940. The van der Waals surface area contributed by atoms with Crippen LogP contribution in [0.2, 0.25) is 5.02 Å². The number of hydrogen-bond acceptors (Lipinski definition) is 10. The number of piperazine rings is 1. The number of likely N-dealkylation sites (N-methyl/N-ethyl adjacent to an activating group) is 1. The summed E-state index contributed by atoms with van der Waals surface area (Å²) in [6, 6.07) is 11.3. The Kier molecular flexibility index (Phi) is 7.98. The fraction of sp³-hybridized carbons (Fsp3) is 0.344. The molecule has 2 aromatic heterocycles. The van der Waals surface area contributed by atoms with E-state index in [1.165, 1.54) is 0 Å². The summed E-state index contributed by atoms with van der Waals surface area (Å²) in [5.74, 6) is -0.246. The lowest BCUT2D eigenvalue weighted by molar-refractivity contribution is -0.134. The zero-order chi connectivity index (χ0) is 32.8. The third-order valence-electron chi connectivity index (χ3n) is 8.91. The SMILES string of the molecule is CN1C(=O)Cc2cc(Nc3nc(N4CCN(CC(=O)Nc5cccc6c(C7CCC(=O)NC7=O)nn(C)c56)CC4)ncc3Cl)ccc21. The van der Waals surface area contributed by atoms with Gasteiger partial charge in [0.15, 0.2) is 5.82 Å². The smallest absolute Gasteiger partial charge is 0.238 e. The number of benzene rings is 2. The normalized spacial score (nSPS) is 18.4. The number of nitrogens with zero attached hydrogens (tertiary/aromatic N) is 7. The van der Waals surface area contributed by atoms with Crippen LogP contribution >= 0.6 is 11.6 Å². The predicted octanol–water partition coefficient (Wildman–Crippen LogP) is 2.56. The van der Waals surface area contributed by atoms with Gasteiger partial charge in [-0.25, -0.2) is 4.98 Å². The highest BCUT2D eigenvalue weighted by atomic mass is 35.5. The number of anilines is 5. The average molecular weight is 657 g/mol. The number of aromatic nitrogens is 4. The summed E-state index contributed by atoms with van der Waals surface area (Å²) in [6.45, 7) is 2.70. The summed E-state index contributed by atoms with van der Waals surface area (Å²) in [5, 5.41) is 14.4. The molecule has 3 aliphatic rings. The minimum Gasteiger partial charge on any atom is -0.339 e. The van der Waals surface area contributed by atoms with Crippen molar-refractivity contribution in [3.8, 4) is 0 Å². The maximum absolute atomic E-state index is 13.2. The van der Waals surface area contributed by atoms with Crippen molar-refractivity contribution < 1.29 is 19.2 Å². The van der Waals surface area contributed by atoms with E-state index in [0.29, 0.717) is 67.2 Å². The fourth-order valence-corrected chi connectivity index (χ4v) is 6.60. The first-order valence-corrected chi connectivity index (χ1v) is 15.8. The van der Waals surface area contributed by atoms with Crippen molar-refractivity contribution in [2.75, 3.05) is 60.2 Å². The second-order valence-corrected chi connectivity index (χ2v) is 12.4. The molecular weight excluding hydrogens is 624 g/mol. The second-order valence-electron chi connectivity index (χ2n) is 12.0. The molecule has 0 aliphatic carbocycles. The summed E-state index contributed by atoms with van der Waals surface area (Å²) < 4.78 is 1.67. The van der Waals surface area contributed by atoms with Crippen molar-refractivity contribution in [2.45, 2.75) is 25.2 Å². The zero-order valence-electron chi connectivity index (χ0n) is 25.9. The van der Waals surface area contributed by atoms with Crippen LogP contribution in [0.15, 0.2) is 42.6 Å². The number of amides is 4. The molecule has 0 bridgehead atoms. The summed E-state index contributed by atoms with van der Waals surface area (Å²) in [5.41, 5.74) is 4.55. The number of aryl methyl sites for hydroxylation is 1. The van der Waals surface area contributed by atoms with Gasteiger partial charge in [-0.3, -0.25) is 34.1 Å². The third kappa shape index (κ3) is 5.97. The highest BCUT2D eigenvalue weighted by Crippen LogP contribution is 2.34. The first-order valence-electron chi connectivity index (χ1n) is 15.4. The number of piperidine rings is 1. The van der Waals surface area contributed by atoms with E-state index >= 15 is 0 Å². The minimum atomic E-state index is -0.525. The summed E-state index contributed by atoms with van der Waals surface area (Å²) >= 11 is 6.44. The van der Waals surface area contributed by atoms with E-state index in [1.54, 1.807) is 29.9 Å². The van der Waals surface area contributed by atoms with Gasteiger partial charge >= 0.3 is 0 Å². The molecule has 7 rings (SSSR count). The first kappa shape index (κ1) is 30.6. The molecule has 1 unspecified atom stereocenters. The number of imide groups is 1. The number of carbonyl (C=O) groups is 4. The van der Waals surface area contributed by atoms with Crippen LogP contribution in [-0.4, -0.2) is 88.0 Å². The molecule has 14 nitrogen and oxygen atoms in total. The Morgan fingerprint density at radius 1 is 1.09 bits per heavy atom. The van der Waals surface area contributed by atoms with Crippen LogP contribution in [-0.2, 0) is 32.6 Å². The maximum atomic E-state index is 13.2. The molecule has 2 fully saturated rings. The Labute approximate surface area is 275 Å². The zero-order valence-corrected chi connectivity index (χ0v) is 26.7. The molecular formula is C32H33ClN10O4. The summed E-state index contributed by atoms with van der Waals surface area (Å²) in [4.78, 5) is 64.3. The van der Waals surface area contributed by atoms with Gasteiger partial charge in [0.1, 0.15) is 5.02 Å². The lowest BCUT2D eigenvalue weighted by Crippen LogP contribution is -2.49. The van der Waals surface area contributed by atoms with Crippen LogP contribution < -0.4 is 25.8 Å². The quantitative estimate of drug-likeness (QED) is 0.253. The predicted molar refractivity (Wildman–Crippen MR) is 177 cm³/mol. The van der Waals surface area contributed by atoms with Crippen LogP contribution in [0.25, 0.3) is 10.9 Å². The number of halogens is 1. The van der Waals surface area contributed by atoms with Crippen LogP contribution in [0.5, 0.6) is 0 Å². The minimum absolute atomic E-state index is 0.0579. The summed E-state index contributed by atoms with van der Waals surface area (Å²) in [6.07, 6.45) is 2.59. The molecule has 242 valence electrons. The standard InChI is InChI=1S/C32H33ClN10O4/c1-40-24-8-6-19(14-18(24)15-27(40)46)35-30-22(33)16-34-32(38-30)43-12-10-42(11-13-43)17-26(45)36-23-5-3-4-20-28(39-41(2)29(20)23)21-7-9-25(44)37-31(21)47/h3-6,8,14,16,21H,7,9-13,15,17H2,1-2H3,(H,36,45)(H,34,35,38)(H,37,44,47). The van der Waals surface area contributed by atoms with Gasteiger partial charge in [0.25, 0.3) is 0 Å². The van der Waals surface area contributed by atoms with Crippen LogP contribution in [0, 0.1) is 0 Å². The van der Waals surface area contributed by atoms with Crippen molar-refractivity contribution in [3.05, 3.63) is 58.9 Å². The van der Waals surface area contributed by atoms with Crippen molar-refractivity contribution >= 4 is 75.0 Å². The Morgan fingerprint density at radius 3 is 2.68 bits per heavy atom. The molecule has 2 aromatic carbocycles. The highest BCUT2D eigenvalue weighted by molar-refractivity contribution is 6.33. The molecule has 1 atom stereocenters. The van der Waals surface area contributed by atoms with Gasteiger partial charge in [-0.2, -0.15) is 10.1 Å². The molecule has 4 aromatic rings. The Hall–Kier alpha value is -5.08. The Morgan fingerprint density at radius 2 is 1.89 bits per heavy atom. The number of para-hydroxylation sites is 1. The monoisotopic (exact) mass is 656 g/mol. The first-order chi connectivity index (χ1) is 22.6. The fourth-order valence-electron chi connectivity index (χ4n) is 6.46. The van der Waals surface area contributed by atoms with E-state index in [9.17, 15) is 19.2 Å². The third-order valence-corrected chi connectivity index (χ3v) is 9.19.